The van der Waals surface area contributed by atoms with Crippen molar-refractivity contribution in [1.29, 1.82) is 0 Å². The zero-order valence-electron chi connectivity index (χ0n) is 15.5. The average molecular weight is 415 g/mol. The number of nitrogens with zero attached hydrogens (tertiary/aromatic N) is 1. The van der Waals surface area contributed by atoms with E-state index in [-0.39, 0.29) is 17.4 Å². The third-order valence-corrected chi connectivity index (χ3v) is 5.15. The largest absolute Gasteiger partial charge is 0.493 e. The van der Waals surface area contributed by atoms with Crippen molar-refractivity contribution < 1.29 is 13.9 Å². The van der Waals surface area contributed by atoms with E-state index in [1.54, 1.807) is 18.2 Å². The van der Waals surface area contributed by atoms with Crippen LogP contribution in [-0.2, 0) is 6.42 Å². The number of carbonyl (C=O) groups is 1. The van der Waals surface area contributed by atoms with E-state index >= 15 is 0 Å². The molecule has 0 unspecified atom stereocenters. The lowest BCUT2D eigenvalue weighted by atomic mass is 10.1. The summed E-state index contributed by atoms with van der Waals surface area (Å²) in [6.07, 6.45) is 0.480. The van der Waals surface area contributed by atoms with E-state index < -0.39 is 0 Å². The van der Waals surface area contributed by atoms with Crippen LogP contribution >= 0.6 is 22.9 Å². The van der Waals surface area contributed by atoms with Gasteiger partial charge in [-0.15, -0.1) is 11.3 Å². The fourth-order valence-electron chi connectivity index (χ4n) is 2.84. The van der Waals surface area contributed by atoms with E-state index in [1.807, 2.05) is 22.9 Å². The van der Waals surface area contributed by atoms with Crippen LogP contribution in [0.25, 0.3) is 11.0 Å². The second-order valence-corrected chi connectivity index (χ2v) is 8.16. The Hall–Kier alpha value is -2.57. The number of carbonyl (C=O) groups excluding carboxylic acids is 1. The third-order valence-electron chi connectivity index (χ3n) is 4.19. The highest BCUT2D eigenvalue weighted by molar-refractivity contribution is 7.09. The van der Waals surface area contributed by atoms with Gasteiger partial charge in [-0.2, -0.15) is 0 Å². The molecule has 0 aliphatic heterocycles. The summed E-state index contributed by atoms with van der Waals surface area (Å²) < 4.78 is 11.7. The minimum atomic E-state index is -0.269. The number of hydrogen-bond donors (Lipinski definition) is 1. The average Bonchev–Trinajstić information content (AvgIpc) is 3.36. The van der Waals surface area contributed by atoms with Crippen LogP contribution in [0.15, 0.2) is 45.5 Å². The number of fused-ring (bicyclic) bond motifs is 1. The van der Waals surface area contributed by atoms with E-state index in [4.69, 9.17) is 20.8 Å². The van der Waals surface area contributed by atoms with Crippen molar-refractivity contribution in [3.05, 3.63) is 69.0 Å². The maximum Gasteiger partial charge on any atom is 0.263 e. The van der Waals surface area contributed by atoms with Crippen molar-refractivity contribution in [3.8, 4) is 5.75 Å². The molecule has 5 nitrogen and oxygen atoms in total. The second kappa shape index (κ2) is 7.81. The fraction of sp³-hybridized carbons (Fsp3) is 0.238. The number of nitrogens with one attached hydrogen (secondary N) is 1. The number of thiophene rings is 1. The molecule has 0 aliphatic rings. The predicted molar refractivity (Wildman–Crippen MR) is 111 cm³/mol. The van der Waals surface area contributed by atoms with Gasteiger partial charge in [0.2, 0.25) is 0 Å². The van der Waals surface area contributed by atoms with E-state index in [0.29, 0.717) is 29.7 Å². The SMILES string of the molecule is CC(C)COc1ccc(Cl)cc1Cc1ccc(C(=O)c2nc3cscc3[nH]2)o1. The summed E-state index contributed by atoms with van der Waals surface area (Å²) in [5, 5.41) is 4.45. The first-order valence-corrected chi connectivity index (χ1v) is 10.3. The fourth-order valence-corrected chi connectivity index (χ4v) is 3.72. The maximum atomic E-state index is 12.6. The number of rotatable bonds is 7. The monoisotopic (exact) mass is 414 g/mol. The Morgan fingerprint density at radius 2 is 2.14 bits per heavy atom. The number of ether oxygens (including phenoxy) is 1. The second-order valence-electron chi connectivity index (χ2n) is 6.98. The van der Waals surface area contributed by atoms with Gasteiger partial charge in [0.1, 0.15) is 11.5 Å². The molecule has 7 heteroatoms. The molecule has 3 aromatic heterocycles. The van der Waals surface area contributed by atoms with Crippen molar-refractivity contribution in [2.45, 2.75) is 20.3 Å². The van der Waals surface area contributed by atoms with Gasteiger partial charge in [0, 0.05) is 27.8 Å². The minimum Gasteiger partial charge on any atom is -0.493 e. The molecule has 3 heterocycles. The molecule has 1 aromatic carbocycles. The van der Waals surface area contributed by atoms with E-state index in [1.165, 1.54) is 11.3 Å². The summed E-state index contributed by atoms with van der Waals surface area (Å²) in [7, 11) is 0. The first-order valence-electron chi connectivity index (χ1n) is 8.96. The number of furan rings is 1. The quantitative estimate of drug-likeness (QED) is 0.392. The van der Waals surface area contributed by atoms with Crippen LogP contribution in [0.5, 0.6) is 5.75 Å². The molecule has 144 valence electrons. The van der Waals surface area contributed by atoms with Gasteiger partial charge in [-0.05, 0) is 36.2 Å². The standard InChI is InChI=1S/C21H19ClN2O3S/c1-12(2)9-26-18-5-3-14(22)7-13(18)8-15-4-6-19(27-15)20(25)21-23-16-10-28-11-17(16)24-21/h3-7,10-12H,8-9H2,1-2H3,(H,23,24). The number of hydrogen-bond acceptors (Lipinski definition) is 5. The number of H-pyrrole nitrogens is 1. The Labute approximate surface area is 171 Å². The van der Waals surface area contributed by atoms with Crippen LogP contribution < -0.4 is 4.74 Å². The van der Waals surface area contributed by atoms with Gasteiger partial charge < -0.3 is 14.1 Å². The van der Waals surface area contributed by atoms with Gasteiger partial charge in [-0.1, -0.05) is 25.4 Å². The van der Waals surface area contributed by atoms with Crippen molar-refractivity contribution in [3.63, 3.8) is 0 Å². The lowest BCUT2D eigenvalue weighted by Gasteiger charge is -2.13. The van der Waals surface area contributed by atoms with Gasteiger partial charge in [0.05, 0.1) is 17.6 Å². The van der Waals surface area contributed by atoms with E-state index in [0.717, 1.165) is 22.3 Å². The number of benzene rings is 1. The van der Waals surface area contributed by atoms with Crippen LogP contribution in [0.1, 0.15) is 41.6 Å². The van der Waals surface area contributed by atoms with Crippen LogP contribution in [0.4, 0.5) is 0 Å². The van der Waals surface area contributed by atoms with Crippen LogP contribution in [0.3, 0.4) is 0 Å². The number of imidazole rings is 1. The zero-order chi connectivity index (χ0) is 19.7. The normalized spacial score (nSPS) is 11.4. The highest BCUT2D eigenvalue weighted by atomic mass is 35.5. The van der Waals surface area contributed by atoms with Crippen molar-refractivity contribution in [2.24, 2.45) is 5.92 Å². The Morgan fingerprint density at radius 1 is 1.29 bits per heavy atom. The number of ketones is 1. The topological polar surface area (TPSA) is 68.1 Å². The van der Waals surface area contributed by atoms with E-state index in [9.17, 15) is 4.79 Å². The molecule has 0 aliphatic carbocycles. The highest BCUT2D eigenvalue weighted by Crippen LogP contribution is 2.27. The first-order chi connectivity index (χ1) is 13.5. The molecule has 0 radical (unpaired) electrons. The lowest BCUT2D eigenvalue weighted by molar-refractivity contribution is 0.0999. The van der Waals surface area contributed by atoms with Crippen molar-refractivity contribution >= 4 is 39.8 Å². The van der Waals surface area contributed by atoms with Crippen LogP contribution in [-0.4, -0.2) is 22.4 Å². The summed E-state index contributed by atoms with van der Waals surface area (Å²) in [4.78, 5) is 20.0. The molecule has 4 aromatic rings. The maximum absolute atomic E-state index is 12.6. The molecule has 4 rings (SSSR count). The smallest absolute Gasteiger partial charge is 0.263 e. The van der Waals surface area contributed by atoms with Gasteiger partial charge in [0.25, 0.3) is 5.78 Å². The Balaban J connectivity index is 1.54. The first kappa shape index (κ1) is 18.8. The van der Waals surface area contributed by atoms with Gasteiger partial charge >= 0.3 is 0 Å². The van der Waals surface area contributed by atoms with E-state index in [2.05, 4.69) is 23.8 Å². The van der Waals surface area contributed by atoms with Gasteiger partial charge in [-0.25, -0.2) is 4.98 Å². The molecular formula is C21H19ClN2O3S. The summed E-state index contributed by atoms with van der Waals surface area (Å²) in [5.41, 5.74) is 2.55. The van der Waals surface area contributed by atoms with Crippen LogP contribution in [0.2, 0.25) is 5.02 Å². The molecule has 28 heavy (non-hydrogen) atoms. The molecule has 0 bridgehead atoms. The Morgan fingerprint density at radius 3 is 2.93 bits per heavy atom. The van der Waals surface area contributed by atoms with Crippen molar-refractivity contribution in [1.82, 2.24) is 9.97 Å². The molecule has 0 saturated heterocycles. The number of halogens is 1. The summed E-state index contributed by atoms with van der Waals surface area (Å²) in [6, 6.07) is 9.00. The lowest BCUT2D eigenvalue weighted by Crippen LogP contribution is -2.06. The van der Waals surface area contributed by atoms with Gasteiger partial charge in [-0.3, -0.25) is 4.79 Å². The zero-order valence-corrected chi connectivity index (χ0v) is 17.1. The summed E-state index contributed by atoms with van der Waals surface area (Å²) >= 11 is 7.70. The molecular weight excluding hydrogens is 396 g/mol. The molecule has 0 saturated carbocycles. The minimum absolute atomic E-state index is 0.252. The number of aromatic amines is 1. The third kappa shape index (κ3) is 3.98. The molecule has 0 fully saturated rings. The molecule has 1 N–H and O–H groups in total. The van der Waals surface area contributed by atoms with Gasteiger partial charge in [0.15, 0.2) is 11.6 Å². The molecule has 0 amide bonds. The Bertz CT molecular complexity index is 1100. The van der Waals surface area contributed by atoms with Crippen LogP contribution in [0, 0.1) is 5.92 Å². The summed E-state index contributed by atoms with van der Waals surface area (Å²) in [5.74, 6) is 2.11. The number of aromatic nitrogens is 2. The summed E-state index contributed by atoms with van der Waals surface area (Å²) in [6.45, 7) is 4.81. The highest BCUT2D eigenvalue weighted by Gasteiger charge is 2.19. The molecule has 0 atom stereocenters. The van der Waals surface area contributed by atoms with Crippen molar-refractivity contribution in [2.75, 3.05) is 6.61 Å². The predicted octanol–water partition coefficient (Wildman–Crippen LogP) is 5.73. The molecule has 0 spiro atoms. The Kier molecular flexibility index (Phi) is 5.24.